The Morgan fingerprint density at radius 1 is 0.685 bits per heavy atom. The number of nitrogens with one attached hydrogen (secondary N) is 1. The van der Waals surface area contributed by atoms with Gasteiger partial charge in [-0.1, -0.05) is 79.1 Å². The van der Waals surface area contributed by atoms with Crippen LogP contribution in [-0.4, -0.2) is 138 Å². The van der Waals surface area contributed by atoms with E-state index in [1.165, 1.54) is 0 Å². The standard InChI is InChI=1S/C37H67BN4O7.C3H6O2/c1-4-22-42(27-26-41(29-36(47)48)25-24-40(28-35(45)46)23-20-30(3)5-2)32(37(49)31-15-14-16-31)18-19-34(44)39-21-13-11-9-7-6-8-10-12-17-33(38)43;1-2-3(4)5/h30-32H,4-29H2,1-3H3,(H,39,44)(H,45,46)(H,47,48);2H2,1H3,(H,4,5). The van der Waals surface area contributed by atoms with Gasteiger partial charge >= 0.3 is 17.9 Å². The summed E-state index contributed by atoms with van der Waals surface area (Å²) in [7, 11) is 5.18. The second-order valence-corrected chi connectivity index (χ2v) is 14.9. The molecule has 1 amide bonds. The molecule has 0 aromatic rings. The SMILES string of the molecule is CCC(=O)O.[B]C(=O)CCCCCCCCCCNC(=O)CCC(C(=O)C1CCC1)N(CCC)CCN(CCN(CCC(C)CC)CC(=O)O)CC(=O)O. The van der Waals surface area contributed by atoms with E-state index in [-0.39, 0.29) is 55.3 Å². The molecule has 2 atom stereocenters. The van der Waals surface area contributed by atoms with Crippen molar-refractivity contribution in [1.29, 1.82) is 0 Å². The first-order valence-electron chi connectivity index (χ1n) is 20.7. The van der Waals surface area contributed by atoms with Gasteiger partial charge in [-0.05, 0) is 70.4 Å². The van der Waals surface area contributed by atoms with Gasteiger partial charge < -0.3 is 25.4 Å². The van der Waals surface area contributed by atoms with Gasteiger partial charge in [0.1, 0.15) is 0 Å². The highest BCUT2D eigenvalue weighted by atomic mass is 16.4. The molecule has 1 aliphatic carbocycles. The zero-order chi connectivity index (χ0) is 40.7. The van der Waals surface area contributed by atoms with Crippen molar-refractivity contribution in [3.05, 3.63) is 0 Å². The van der Waals surface area contributed by atoms with E-state index in [2.05, 4.69) is 31.0 Å². The molecule has 1 fully saturated rings. The molecule has 0 saturated heterocycles. The number of carbonyl (C=O) groups is 6. The minimum atomic E-state index is -0.942. The van der Waals surface area contributed by atoms with Gasteiger partial charge in [-0.25, -0.2) is 0 Å². The van der Waals surface area contributed by atoms with Crippen molar-refractivity contribution < 1.29 is 44.1 Å². The van der Waals surface area contributed by atoms with E-state index in [0.29, 0.717) is 64.6 Å². The van der Waals surface area contributed by atoms with Gasteiger partial charge in [0.25, 0.3) is 0 Å². The van der Waals surface area contributed by atoms with Crippen LogP contribution in [0.2, 0.25) is 0 Å². The van der Waals surface area contributed by atoms with Crippen molar-refractivity contribution in [2.24, 2.45) is 11.8 Å². The molecule has 0 spiro atoms. The highest BCUT2D eigenvalue weighted by molar-refractivity contribution is 6.57. The average Bonchev–Trinajstić information content (AvgIpc) is 3.09. The van der Waals surface area contributed by atoms with Crippen molar-refractivity contribution in [3.63, 3.8) is 0 Å². The van der Waals surface area contributed by atoms with Gasteiger partial charge in [0, 0.05) is 51.5 Å². The third kappa shape index (κ3) is 27.7. The fourth-order valence-electron chi connectivity index (χ4n) is 6.33. The molecule has 13 nitrogen and oxygen atoms in total. The molecule has 0 aromatic carbocycles. The summed E-state index contributed by atoms with van der Waals surface area (Å²) in [5.41, 5.74) is -0.233. The Balaban J connectivity index is 0.00000524. The molecular weight excluding hydrogens is 691 g/mol. The number of unbranched alkanes of at least 4 members (excludes halogenated alkanes) is 7. The maximum absolute atomic E-state index is 13.7. The highest BCUT2D eigenvalue weighted by Gasteiger charge is 2.34. The van der Waals surface area contributed by atoms with E-state index in [9.17, 15) is 39.0 Å². The Labute approximate surface area is 326 Å². The topological polar surface area (TPSA) is 185 Å². The first-order chi connectivity index (χ1) is 25.7. The zero-order valence-corrected chi connectivity index (χ0v) is 34.0. The van der Waals surface area contributed by atoms with Crippen LogP contribution in [0, 0.1) is 11.8 Å². The maximum Gasteiger partial charge on any atom is 0.317 e. The zero-order valence-electron chi connectivity index (χ0n) is 34.0. The van der Waals surface area contributed by atoms with Crippen LogP contribution in [-0.2, 0) is 28.8 Å². The van der Waals surface area contributed by atoms with Gasteiger partial charge in [-0.15, -0.1) is 0 Å². The van der Waals surface area contributed by atoms with E-state index in [1.54, 1.807) is 6.92 Å². The highest BCUT2D eigenvalue weighted by Crippen LogP contribution is 2.30. The lowest BCUT2D eigenvalue weighted by Crippen LogP contribution is -2.50. The molecule has 0 bridgehead atoms. The van der Waals surface area contributed by atoms with Gasteiger partial charge in [0.15, 0.2) is 13.6 Å². The number of aliphatic carboxylic acids is 3. The maximum atomic E-state index is 13.7. The molecule has 2 unspecified atom stereocenters. The monoisotopic (exact) mass is 765 g/mol. The number of Topliss-reactive ketones (excluding diaryl/α,β-unsaturated/α-hetero) is 1. The van der Waals surface area contributed by atoms with Crippen LogP contribution >= 0.6 is 0 Å². The van der Waals surface area contributed by atoms with Crippen LogP contribution < -0.4 is 5.32 Å². The Kier molecular flexibility index (Phi) is 30.7. The summed E-state index contributed by atoms with van der Waals surface area (Å²) in [6, 6.07) is -0.385. The Hall–Kier alpha value is -2.84. The van der Waals surface area contributed by atoms with Crippen LogP contribution in [0.3, 0.4) is 0 Å². The molecule has 1 aliphatic rings. The normalized spacial score (nSPS) is 13.9. The summed E-state index contributed by atoms with van der Waals surface area (Å²) < 4.78 is 0. The van der Waals surface area contributed by atoms with E-state index in [0.717, 1.165) is 89.9 Å². The number of rotatable bonds is 34. The lowest BCUT2D eigenvalue weighted by atomic mass is 9.78. The molecule has 0 heterocycles. The minimum absolute atomic E-state index is 0.0285. The predicted octanol–water partition coefficient (Wildman–Crippen LogP) is 5.23. The van der Waals surface area contributed by atoms with Gasteiger partial charge in [-0.2, -0.15) is 0 Å². The molecular formula is C40H73BN4O9. The largest absolute Gasteiger partial charge is 0.481 e. The smallest absolute Gasteiger partial charge is 0.317 e. The van der Waals surface area contributed by atoms with Crippen molar-refractivity contribution >= 4 is 43.1 Å². The van der Waals surface area contributed by atoms with E-state index < -0.39 is 17.9 Å². The molecule has 2 radical (unpaired) electrons. The number of carboxylic acid groups (broad SMARTS) is 3. The molecule has 4 N–H and O–H groups in total. The second-order valence-electron chi connectivity index (χ2n) is 14.9. The van der Waals surface area contributed by atoms with Crippen molar-refractivity contribution in [3.8, 4) is 0 Å². The van der Waals surface area contributed by atoms with Crippen LogP contribution in [0.1, 0.15) is 143 Å². The number of amides is 1. The fourth-order valence-corrected chi connectivity index (χ4v) is 6.33. The number of hydrogen-bond acceptors (Lipinski definition) is 9. The third-order valence-corrected chi connectivity index (χ3v) is 10.2. The number of nitrogens with zero attached hydrogens (tertiary/aromatic N) is 3. The van der Waals surface area contributed by atoms with Crippen LogP contribution in [0.15, 0.2) is 0 Å². The first kappa shape index (κ1) is 51.2. The summed E-state index contributed by atoms with van der Waals surface area (Å²) in [5.74, 6) is -1.92. The van der Waals surface area contributed by atoms with Crippen LogP contribution in [0.25, 0.3) is 0 Å². The third-order valence-electron chi connectivity index (χ3n) is 10.2. The summed E-state index contributed by atoms with van der Waals surface area (Å²) in [5, 5.41) is 29.8. The predicted molar refractivity (Wildman–Crippen MR) is 213 cm³/mol. The van der Waals surface area contributed by atoms with E-state index in [4.69, 9.17) is 13.0 Å². The minimum Gasteiger partial charge on any atom is -0.481 e. The lowest BCUT2D eigenvalue weighted by Gasteiger charge is -2.36. The Bertz CT molecular complexity index is 1080. The van der Waals surface area contributed by atoms with Crippen LogP contribution in [0.5, 0.6) is 0 Å². The molecule has 1 saturated carbocycles. The molecule has 14 heteroatoms. The molecule has 310 valence electrons. The molecule has 54 heavy (non-hydrogen) atoms. The average molecular weight is 765 g/mol. The quantitative estimate of drug-likeness (QED) is 0.0495. The van der Waals surface area contributed by atoms with Gasteiger partial charge in [0.2, 0.25) is 5.91 Å². The molecule has 0 aliphatic heterocycles. The van der Waals surface area contributed by atoms with Crippen molar-refractivity contribution in [1.82, 2.24) is 20.0 Å². The number of carbonyl (C=O) groups excluding carboxylic acids is 3. The number of ketones is 1. The van der Waals surface area contributed by atoms with Gasteiger partial charge in [-0.3, -0.25) is 38.7 Å². The van der Waals surface area contributed by atoms with E-state index in [1.807, 2.05) is 9.80 Å². The summed E-state index contributed by atoms with van der Waals surface area (Å²) in [6.07, 6.45) is 15.3. The molecule has 0 aromatic heterocycles. The van der Waals surface area contributed by atoms with Gasteiger partial charge in [0.05, 0.1) is 24.8 Å². The number of carboxylic acids is 3. The lowest BCUT2D eigenvalue weighted by molar-refractivity contribution is -0.140. The second kappa shape index (κ2) is 32.4. The van der Waals surface area contributed by atoms with E-state index >= 15 is 0 Å². The number of hydrogen-bond donors (Lipinski definition) is 4. The first-order valence-corrected chi connectivity index (χ1v) is 20.7. The summed E-state index contributed by atoms with van der Waals surface area (Å²) >= 11 is 0. The van der Waals surface area contributed by atoms with Crippen LogP contribution in [0.4, 0.5) is 0 Å². The fraction of sp³-hybridized carbons (Fsp3) is 0.850. The van der Waals surface area contributed by atoms with Crippen molar-refractivity contribution in [2.45, 2.75) is 149 Å². The summed E-state index contributed by atoms with van der Waals surface area (Å²) in [4.78, 5) is 75.8. The Morgan fingerprint density at radius 3 is 1.67 bits per heavy atom. The molecule has 1 rings (SSSR count). The summed E-state index contributed by atoms with van der Waals surface area (Å²) in [6.45, 7) is 11.4. The van der Waals surface area contributed by atoms with Crippen molar-refractivity contribution in [2.75, 3.05) is 58.9 Å². The Morgan fingerprint density at radius 2 is 1.20 bits per heavy atom.